The Morgan fingerprint density at radius 1 is 1.39 bits per heavy atom. The summed E-state index contributed by atoms with van der Waals surface area (Å²) in [6.07, 6.45) is 1.84. The largest absolute Gasteiger partial charge is 0.317 e. The summed E-state index contributed by atoms with van der Waals surface area (Å²) in [7, 11) is -3.29. The maximum absolute atomic E-state index is 12.0. The third kappa shape index (κ3) is 3.96. The van der Waals surface area contributed by atoms with Crippen LogP contribution >= 0.6 is 0 Å². The predicted molar refractivity (Wildman–Crippen MR) is 72.0 cm³/mol. The van der Waals surface area contributed by atoms with E-state index in [-0.39, 0.29) is 11.7 Å². The lowest BCUT2D eigenvalue weighted by molar-refractivity contribution is 0.402. The fourth-order valence-electron chi connectivity index (χ4n) is 2.16. The number of nitrogens with zero attached hydrogens (tertiary/aromatic N) is 1. The van der Waals surface area contributed by atoms with Crippen LogP contribution in [0.3, 0.4) is 0 Å². The van der Waals surface area contributed by atoms with E-state index in [9.17, 15) is 8.42 Å². The van der Waals surface area contributed by atoms with Crippen LogP contribution in [0, 0.1) is 12.8 Å². The van der Waals surface area contributed by atoms with Gasteiger partial charge in [-0.3, -0.25) is 4.72 Å². The number of hydrogen-bond donors (Lipinski definition) is 2. The number of nitrogens with one attached hydrogen (secondary N) is 2. The van der Waals surface area contributed by atoms with Crippen molar-refractivity contribution in [2.45, 2.75) is 19.8 Å². The first-order valence-electron chi connectivity index (χ1n) is 6.20. The number of rotatable bonds is 4. The average Bonchev–Trinajstić information content (AvgIpc) is 2.28. The number of aryl methyl sites for hydroxylation is 1. The van der Waals surface area contributed by atoms with Gasteiger partial charge in [0.2, 0.25) is 10.0 Å². The van der Waals surface area contributed by atoms with Crippen molar-refractivity contribution in [2.24, 2.45) is 5.92 Å². The van der Waals surface area contributed by atoms with Gasteiger partial charge in [0.05, 0.1) is 5.75 Å². The Morgan fingerprint density at radius 2 is 2.11 bits per heavy atom. The van der Waals surface area contributed by atoms with Gasteiger partial charge in [-0.25, -0.2) is 13.4 Å². The van der Waals surface area contributed by atoms with E-state index in [1.54, 1.807) is 12.1 Å². The minimum atomic E-state index is -3.29. The Kier molecular flexibility index (Phi) is 4.19. The van der Waals surface area contributed by atoms with Crippen LogP contribution < -0.4 is 10.0 Å². The lowest BCUT2D eigenvalue weighted by Gasteiger charge is -2.22. The van der Waals surface area contributed by atoms with E-state index >= 15 is 0 Å². The number of hydrogen-bond acceptors (Lipinski definition) is 4. The zero-order valence-electron chi connectivity index (χ0n) is 10.5. The van der Waals surface area contributed by atoms with Crippen LogP contribution in [0.15, 0.2) is 18.2 Å². The highest BCUT2D eigenvalue weighted by molar-refractivity contribution is 7.92. The molecule has 100 valence electrons. The van der Waals surface area contributed by atoms with Crippen molar-refractivity contribution in [3.05, 3.63) is 23.9 Å². The summed E-state index contributed by atoms with van der Waals surface area (Å²) in [5.41, 5.74) is 0.803. The van der Waals surface area contributed by atoms with E-state index in [1.807, 2.05) is 13.0 Å². The monoisotopic (exact) mass is 269 g/mol. The molecule has 5 nitrogen and oxygen atoms in total. The van der Waals surface area contributed by atoms with Crippen molar-refractivity contribution in [3.8, 4) is 0 Å². The molecule has 0 amide bonds. The van der Waals surface area contributed by atoms with Crippen molar-refractivity contribution in [2.75, 3.05) is 23.6 Å². The molecule has 0 radical (unpaired) electrons. The van der Waals surface area contributed by atoms with Gasteiger partial charge < -0.3 is 5.32 Å². The summed E-state index contributed by atoms with van der Waals surface area (Å²) in [6.45, 7) is 3.65. The quantitative estimate of drug-likeness (QED) is 0.859. The summed E-state index contributed by atoms with van der Waals surface area (Å²) < 4.78 is 26.6. The van der Waals surface area contributed by atoms with Crippen molar-refractivity contribution in [3.63, 3.8) is 0 Å². The second-order valence-electron chi connectivity index (χ2n) is 4.74. The molecule has 0 aliphatic carbocycles. The molecule has 6 heteroatoms. The van der Waals surface area contributed by atoms with E-state index in [0.29, 0.717) is 5.82 Å². The standard InChI is InChI=1S/C12H19N3O2S/c1-10-3-2-4-12(14-10)15-18(16,17)9-11-5-7-13-8-6-11/h2-4,11,13H,5-9H2,1H3,(H,14,15). The molecule has 0 unspecified atom stereocenters. The van der Waals surface area contributed by atoms with Gasteiger partial charge in [-0.05, 0) is 50.9 Å². The van der Waals surface area contributed by atoms with Gasteiger partial charge >= 0.3 is 0 Å². The molecule has 0 atom stereocenters. The lowest BCUT2D eigenvalue weighted by atomic mass is 10.0. The first-order valence-corrected chi connectivity index (χ1v) is 7.85. The smallest absolute Gasteiger partial charge is 0.234 e. The predicted octanol–water partition coefficient (Wildman–Crippen LogP) is 1.13. The van der Waals surface area contributed by atoms with Crippen molar-refractivity contribution < 1.29 is 8.42 Å². The molecule has 0 bridgehead atoms. The average molecular weight is 269 g/mol. The Balaban J connectivity index is 1.98. The van der Waals surface area contributed by atoms with Gasteiger partial charge in [0.1, 0.15) is 5.82 Å². The van der Waals surface area contributed by atoms with Crippen LogP contribution in [0.4, 0.5) is 5.82 Å². The number of anilines is 1. The van der Waals surface area contributed by atoms with E-state index in [2.05, 4.69) is 15.0 Å². The normalized spacial score (nSPS) is 17.6. The van der Waals surface area contributed by atoms with E-state index in [4.69, 9.17) is 0 Å². The third-order valence-corrected chi connectivity index (χ3v) is 4.49. The van der Waals surface area contributed by atoms with Crippen LogP contribution in [-0.4, -0.2) is 32.2 Å². The van der Waals surface area contributed by atoms with Crippen LogP contribution in [-0.2, 0) is 10.0 Å². The molecule has 1 saturated heterocycles. The van der Waals surface area contributed by atoms with E-state index in [0.717, 1.165) is 31.6 Å². The molecular formula is C12H19N3O2S. The summed E-state index contributed by atoms with van der Waals surface area (Å²) >= 11 is 0. The van der Waals surface area contributed by atoms with Crippen LogP contribution in [0.1, 0.15) is 18.5 Å². The molecule has 0 aromatic carbocycles. The summed E-state index contributed by atoms with van der Waals surface area (Å²) in [5.74, 6) is 0.835. The number of pyridine rings is 1. The summed E-state index contributed by atoms with van der Waals surface area (Å²) in [4.78, 5) is 4.15. The summed E-state index contributed by atoms with van der Waals surface area (Å²) in [6, 6.07) is 5.31. The van der Waals surface area contributed by atoms with Gasteiger partial charge in [-0.1, -0.05) is 6.07 Å². The van der Waals surface area contributed by atoms with Crippen LogP contribution in [0.25, 0.3) is 0 Å². The van der Waals surface area contributed by atoms with Crippen molar-refractivity contribution in [1.29, 1.82) is 0 Å². The number of piperidine rings is 1. The summed E-state index contributed by atoms with van der Waals surface area (Å²) in [5, 5.41) is 3.23. The van der Waals surface area contributed by atoms with Gasteiger partial charge in [0, 0.05) is 5.69 Å². The molecule has 1 aromatic heterocycles. The highest BCUT2D eigenvalue weighted by Crippen LogP contribution is 2.16. The highest BCUT2D eigenvalue weighted by Gasteiger charge is 2.21. The molecule has 1 aliphatic rings. The van der Waals surface area contributed by atoms with Crippen LogP contribution in [0.5, 0.6) is 0 Å². The minimum Gasteiger partial charge on any atom is -0.317 e. The molecule has 2 rings (SSSR count). The third-order valence-electron chi connectivity index (χ3n) is 3.06. The van der Waals surface area contributed by atoms with Crippen molar-refractivity contribution >= 4 is 15.8 Å². The van der Waals surface area contributed by atoms with Gasteiger partial charge in [0.15, 0.2) is 0 Å². The zero-order valence-corrected chi connectivity index (χ0v) is 11.3. The van der Waals surface area contributed by atoms with E-state index < -0.39 is 10.0 Å². The van der Waals surface area contributed by atoms with Gasteiger partial charge in [-0.15, -0.1) is 0 Å². The molecule has 0 saturated carbocycles. The molecule has 18 heavy (non-hydrogen) atoms. The topological polar surface area (TPSA) is 71.1 Å². The molecule has 1 fully saturated rings. The first-order chi connectivity index (χ1) is 8.55. The maximum atomic E-state index is 12.0. The Hall–Kier alpha value is -1.14. The van der Waals surface area contributed by atoms with Gasteiger partial charge in [-0.2, -0.15) is 0 Å². The SMILES string of the molecule is Cc1cccc(NS(=O)(=O)CC2CCNCC2)n1. The Morgan fingerprint density at radius 3 is 2.78 bits per heavy atom. The second kappa shape index (κ2) is 5.67. The highest BCUT2D eigenvalue weighted by atomic mass is 32.2. The second-order valence-corrected chi connectivity index (χ2v) is 6.51. The number of aromatic nitrogens is 1. The van der Waals surface area contributed by atoms with Crippen LogP contribution in [0.2, 0.25) is 0 Å². The Bertz CT molecular complexity index is 496. The molecule has 1 aliphatic heterocycles. The molecule has 0 spiro atoms. The minimum absolute atomic E-state index is 0.185. The molecule has 2 heterocycles. The first kappa shape index (κ1) is 13.3. The fraction of sp³-hybridized carbons (Fsp3) is 0.583. The van der Waals surface area contributed by atoms with Crippen molar-refractivity contribution in [1.82, 2.24) is 10.3 Å². The maximum Gasteiger partial charge on any atom is 0.234 e. The molecule has 1 aromatic rings. The fourth-order valence-corrected chi connectivity index (χ4v) is 3.63. The zero-order chi connectivity index (χ0) is 13.0. The lowest BCUT2D eigenvalue weighted by Crippen LogP contribution is -2.33. The molecule has 2 N–H and O–H groups in total. The van der Waals surface area contributed by atoms with Gasteiger partial charge in [0.25, 0.3) is 0 Å². The molecular weight excluding hydrogens is 250 g/mol. The Labute approximate surface area is 108 Å². The van der Waals surface area contributed by atoms with E-state index in [1.165, 1.54) is 0 Å². The number of sulfonamides is 1.